The van der Waals surface area contributed by atoms with E-state index in [4.69, 9.17) is 4.74 Å². The molecule has 0 saturated carbocycles. The minimum Gasteiger partial charge on any atom is -0.437 e. The molecule has 0 radical (unpaired) electrons. The number of para-hydroxylation sites is 1. The van der Waals surface area contributed by atoms with E-state index in [0.29, 0.717) is 11.4 Å². The van der Waals surface area contributed by atoms with Gasteiger partial charge < -0.3 is 10.1 Å². The fraction of sp³-hybridized carbons (Fsp3) is 0. The van der Waals surface area contributed by atoms with Crippen LogP contribution in [0.1, 0.15) is 10.4 Å². The maximum Gasteiger partial charge on any atom is 0.270 e. The summed E-state index contributed by atoms with van der Waals surface area (Å²) in [6, 6.07) is 17.1. The molecule has 0 aliphatic rings. The molecule has 0 aliphatic carbocycles. The zero-order chi connectivity index (χ0) is 24.8. The van der Waals surface area contributed by atoms with Gasteiger partial charge in [-0.05, 0) is 30.3 Å². The van der Waals surface area contributed by atoms with Crippen molar-refractivity contribution in [3.63, 3.8) is 0 Å². The van der Waals surface area contributed by atoms with Gasteiger partial charge in [0.15, 0.2) is 0 Å². The summed E-state index contributed by atoms with van der Waals surface area (Å²) < 4.78 is 33.6. The Hall–Kier alpha value is -4.84. The summed E-state index contributed by atoms with van der Waals surface area (Å²) in [7, 11) is -4.21. The van der Waals surface area contributed by atoms with Crippen molar-refractivity contribution in [3.8, 4) is 11.6 Å². The summed E-state index contributed by atoms with van der Waals surface area (Å²) >= 11 is 0. The Morgan fingerprint density at radius 1 is 0.971 bits per heavy atom. The summed E-state index contributed by atoms with van der Waals surface area (Å²) in [5.74, 6) is 0.0961. The Kier molecular flexibility index (Phi) is 6.64. The molecule has 0 unspecified atom stereocenters. The van der Waals surface area contributed by atoms with Gasteiger partial charge in [0.25, 0.3) is 21.6 Å². The minimum atomic E-state index is -4.21. The fourth-order valence-electron chi connectivity index (χ4n) is 3.03. The lowest BCUT2D eigenvalue weighted by molar-refractivity contribution is -0.385. The van der Waals surface area contributed by atoms with E-state index in [-0.39, 0.29) is 27.7 Å². The molecule has 4 aromatic rings. The van der Waals surface area contributed by atoms with Crippen LogP contribution in [0, 0.1) is 10.1 Å². The van der Waals surface area contributed by atoms with E-state index in [1.54, 1.807) is 36.4 Å². The van der Waals surface area contributed by atoms with Gasteiger partial charge in [0.2, 0.25) is 5.88 Å². The van der Waals surface area contributed by atoms with Gasteiger partial charge in [-0.3, -0.25) is 24.6 Å². The first kappa shape index (κ1) is 23.3. The number of aromatic nitrogens is 2. The number of nitrogens with zero attached hydrogens (tertiary/aromatic N) is 3. The largest absolute Gasteiger partial charge is 0.437 e. The molecule has 2 N–H and O–H groups in total. The van der Waals surface area contributed by atoms with Gasteiger partial charge in [-0.15, -0.1) is 0 Å². The molecule has 12 heteroatoms. The maximum absolute atomic E-state index is 13.0. The molecule has 0 atom stereocenters. The number of carbonyl (C=O) groups excluding carboxylic acids is 1. The molecule has 0 bridgehead atoms. The highest BCUT2D eigenvalue weighted by atomic mass is 32.2. The number of sulfonamides is 1. The highest BCUT2D eigenvalue weighted by molar-refractivity contribution is 7.92. The van der Waals surface area contributed by atoms with Crippen molar-refractivity contribution in [3.05, 3.63) is 107 Å². The highest BCUT2D eigenvalue weighted by Gasteiger charge is 2.21. The topological polar surface area (TPSA) is 153 Å². The van der Waals surface area contributed by atoms with Gasteiger partial charge in [0.05, 0.1) is 27.3 Å². The van der Waals surface area contributed by atoms with Gasteiger partial charge in [-0.2, -0.15) is 0 Å². The van der Waals surface area contributed by atoms with Crippen molar-refractivity contribution < 1.29 is 22.9 Å². The highest BCUT2D eigenvalue weighted by Crippen LogP contribution is 2.25. The van der Waals surface area contributed by atoms with Crippen LogP contribution in [0.5, 0.6) is 11.6 Å². The normalized spacial score (nSPS) is 10.9. The van der Waals surface area contributed by atoms with Crippen molar-refractivity contribution in [2.75, 3.05) is 10.0 Å². The van der Waals surface area contributed by atoms with Crippen molar-refractivity contribution in [1.29, 1.82) is 0 Å². The van der Waals surface area contributed by atoms with Crippen LogP contribution in [0.25, 0.3) is 0 Å². The Morgan fingerprint density at radius 3 is 2.54 bits per heavy atom. The SMILES string of the molecule is O=C(Nc1cccc(Oc2cnccn2)c1)c1ccccc1NS(=O)(=O)c1cccc([N+](=O)[O-])c1. The number of carbonyl (C=O) groups is 1. The number of rotatable bonds is 8. The first-order valence-corrected chi connectivity index (χ1v) is 11.5. The third kappa shape index (κ3) is 5.75. The Bertz CT molecular complexity index is 1500. The molecular weight excluding hydrogens is 474 g/mol. The quantitative estimate of drug-likeness (QED) is 0.274. The molecule has 176 valence electrons. The van der Waals surface area contributed by atoms with Crippen LogP contribution >= 0.6 is 0 Å². The van der Waals surface area contributed by atoms with Gasteiger partial charge in [-0.1, -0.05) is 24.3 Å². The zero-order valence-corrected chi connectivity index (χ0v) is 18.7. The third-order valence-electron chi connectivity index (χ3n) is 4.61. The van der Waals surface area contributed by atoms with E-state index < -0.39 is 20.9 Å². The number of nitrogens with one attached hydrogen (secondary N) is 2. The summed E-state index contributed by atoms with van der Waals surface area (Å²) in [5, 5.41) is 13.7. The first-order valence-electron chi connectivity index (χ1n) is 10.0. The van der Waals surface area contributed by atoms with E-state index in [1.165, 1.54) is 48.9 Å². The van der Waals surface area contributed by atoms with Crippen molar-refractivity contribution in [2.24, 2.45) is 0 Å². The number of nitro benzene ring substituents is 1. The van der Waals surface area contributed by atoms with Crippen LogP contribution < -0.4 is 14.8 Å². The number of hydrogen-bond acceptors (Lipinski definition) is 8. The van der Waals surface area contributed by atoms with Crippen molar-refractivity contribution in [2.45, 2.75) is 4.90 Å². The second-order valence-electron chi connectivity index (χ2n) is 7.03. The van der Waals surface area contributed by atoms with Crippen LogP contribution in [0.4, 0.5) is 17.1 Å². The van der Waals surface area contributed by atoms with Crippen LogP contribution in [-0.2, 0) is 10.0 Å². The summed E-state index contributed by atoms with van der Waals surface area (Å²) in [6.07, 6.45) is 4.43. The van der Waals surface area contributed by atoms with Gasteiger partial charge in [-0.25, -0.2) is 13.4 Å². The summed E-state index contributed by atoms with van der Waals surface area (Å²) in [4.78, 5) is 30.9. The Morgan fingerprint density at radius 2 is 1.77 bits per heavy atom. The molecule has 11 nitrogen and oxygen atoms in total. The molecule has 0 spiro atoms. The second kappa shape index (κ2) is 9.97. The molecular formula is C23H17N5O6S. The Balaban J connectivity index is 1.54. The average Bonchev–Trinajstić information content (AvgIpc) is 2.85. The molecule has 0 saturated heterocycles. The van der Waals surface area contributed by atoms with Crippen molar-refractivity contribution >= 4 is 33.0 Å². The standard InChI is InChI=1S/C23H17N5O6S/c29-23(26-16-5-3-7-18(13-16)34-22-15-24-11-12-25-22)20-9-1-2-10-21(20)27-35(32,33)19-8-4-6-17(14-19)28(30)31/h1-15,27H,(H,26,29). The van der Waals surface area contributed by atoms with Crippen LogP contribution in [-0.4, -0.2) is 29.2 Å². The van der Waals surface area contributed by atoms with Crippen LogP contribution in [0.15, 0.2) is 96.3 Å². The van der Waals surface area contributed by atoms with Crippen molar-refractivity contribution in [1.82, 2.24) is 9.97 Å². The number of amides is 1. The lowest BCUT2D eigenvalue weighted by Crippen LogP contribution is -2.18. The average molecular weight is 491 g/mol. The van der Waals surface area contributed by atoms with E-state index in [9.17, 15) is 23.3 Å². The lowest BCUT2D eigenvalue weighted by Gasteiger charge is -2.13. The molecule has 35 heavy (non-hydrogen) atoms. The molecule has 1 aromatic heterocycles. The van der Waals surface area contributed by atoms with Gasteiger partial charge >= 0.3 is 0 Å². The predicted octanol–water partition coefficient (Wildman–Crippen LogP) is 4.23. The Labute approximate surface area is 199 Å². The lowest BCUT2D eigenvalue weighted by atomic mass is 10.1. The molecule has 3 aromatic carbocycles. The smallest absolute Gasteiger partial charge is 0.270 e. The third-order valence-corrected chi connectivity index (χ3v) is 5.97. The number of hydrogen-bond donors (Lipinski definition) is 2. The van der Waals surface area contributed by atoms with Gasteiger partial charge in [0.1, 0.15) is 5.75 Å². The molecule has 1 heterocycles. The monoisotopic (exact) mass is 491 g/mol. The fourth-order valence-corrected chi connectivity index (χ4v) is 4.15. The van der Waals surface area contributed by atoms with Crippen LogP contribution in [0.2, 0.25) is 0 Å². The maximum atomic E-state index is 13.0. The predicted molar refractivity (Wildman–Crippen MR) is 127 cm³/mol. The molecule has 0 aliphatic heterocycles. The van der Waals surface area contributed by atoms with E-state index in [2.05, 4.69) is 20.0 Å². The second-order valence-corrected chi connectivity index (χ2v) is 8.72. The number of ether oxygens (including phenoxy) is 1. The van der Waals surface area contributed by atoms with E-state index in [1.807, 2.05) is 0 Å². The minimum absolute atomic E-state index is 0.00321. The molecule has 4 rings (SSSR count). The molecule has 0 fully saturated rings. The summed E-state index contributed by atoms with van der Waals surface area (Å²) in [5.41, 5.74) is 0.0699. The van der Waals surface area contributed by atoms with Crippen LogP contribution in [0.3, 0.4) is 0 Å². The van der Waals surface area contributed by atoms with E-state index in [0.717, 1.165) is 6.07 Å². The zero-order valence-electron chi connectivity index (χ0n) is 17.9. The first-order chi connectivity index (χ1) is 16.8. The van der Waals surface area contributed by atoms with E-state index >= 15 is 0 Å². The number of benzene rings is 3. The van der Waals surface area contributed by atoms with Gasteiger partial charge in [0, 0.05) is 36.3 Å². The number of non-ortho nitro benzene ring substituents is 1. The number of nitro groups is 1. The summed E-state index contributed by atoms with van der Waals surface area (Å²) in [6.45, 7) is 0. The molecule has 1 amide bonds. The number of anilines is 2.